The number of anilines is 2. The van der Waals surface area contributed by atoms with Crippen molar-refractivity contribution in [1.82, 2.24) is 8.28 Å². The molecule has 10 nitrogen and oxygen atoms in total. The van der Waals surface area contributed by atoms with Gasteiger partial charge in [0.2, 0.25) is 11.8 Å². The summed E-state index contributed by atoms with van der Waals surface area (Å²) in [7, 11) is -1.31. The van der Waals surface area contributed by atoms with Gasteiger partial charge in [0.15, 0.2) is 0 Å². The van der Waals surface area contributed by atoms with Gasteiger partial charge < -0.3 is 4.74 Å². The number of nitrogens with zero attached hydrogens (tertiary/aromatic N) is 4. The first kappa shape index (κ1) is 33.3. The first-order chi connectivity index (χ1) is 21.5. The Balaban J connectivity index is 0.000000743. The number of carbonyl (C=O) groups excluding carboxylic acids is 2. The van der Waals surface area contributed by atoms with E-state index in [1.807, 2.05) is 13.8 Å². The Morgan fingerprint density at radius 3 is 2.07 bits per heavy atom. The maximum Gasteiger partial charge on any atom is 0.307 e. The van der Waals surface area contributed by atoms with Crippen LogP contribution in [0.15, 0.2) is 81.7 Å². The third-order valence-electron chi connectivity index (χ3n) is 8.02. The fraction of sp³-hybridized carbons (Fsp3) is 0.312. The minimum atomic E-state index is -4.14. The zero-order valence-corrected chi connectivity index (χ0v) is 29.2. The average Bonchev–Trinajstić information content (AvgIpc) is 3.49. The minimum absolute atomic E-state index is 0.0892. The lowest BCUT2D eigenvalue weighted by Gasteiger charge is -2.36. The van der Waals surface area contributed by atoms with E-state index in [1.165, 1.54) is 18.1 Å². The minimum Gasteiger partial charge on any atom is -0.382 e. The van der Waals surface area contributed by atoms with Crippen LogP contribution in [0, 0.1) is 5.92 Å². The predicted octanol–water partition coefficient (Wildman–Crippen LogP) is 6.48. The summed E-state index contributed by atoms with van der Waals surface area (Å²) in [5.41, 5.74) is 1.88. The van der Waals surface area contributed by atoms with E-state index in [4.69, 9.17) is 4.74 Å². The standard InChI is InChI=1S/C28H24Br2N4O5S.C4H10O/c1-31(2)40(38,39)34-21-14-7-6-11-17(21)23-22(33(37)25-19(29)12-8-13-20(25)30)15-18-24(26(23)34)28(36)32(27(18)35)16-9-4-3-5-10-16;1-3-5-4-2/h3-14,18,22,24,37H,15H2,1-2H3;3-4H2,1-2H3/t18-,22-,24-;/m1./s1. The van der Waals surface area contributed by atoms with Gasteiger partial charge >= 0.3 is 10.2 Å². The van der Waals surface area contributed by atoms with Crippen molar-refractivity contribution in [3.8, 4) is 0 Å². The molecule has 13 heteroatoms. The number of ether oxygens (including phenoxy) is 1. The number of amides is 2. The second-order valence-electron chi connectivity index (χ2n) is 10.8. The van der Waals surface area contributed by atoms with Crippen molar-refractivity contribution in [2.75, 3.05) is 37.3 Å². The highest BCUT2D eigenvalue weighted by Gasteiger charge is 2.57. The summed E-state index contributed by atoms with van der Waals surface area (Å²) in [6.07, 6.45) is 0.0892. The van der Waals surface area contributed by atoms with Crippen molar-refractivity contribution in [1.29, 1.82) is 0 Å². The lowest BCUT2D eigenvalue weighted by molar-refractivity contribution is -0.122. The molecule has 45 heavy (non-hydrogen) atoms. The lowest BCUT2D eigenvalue weighted by Crippen LogP contribution is -2.38. The molecule has 1 N–H and O–H groups in total. The van der Waals surface area contributed by atoms with E-state index in [2.05, 4.69) is 31.9 Å². The van der Waals surface area contributed by atoms with Crippen molar-refractivity contribution < 1.29 is 28.0 Å². The molecule has 1 aromatic heterocycles. The lowest BCUT2D eigenvalue weighted by atomic mass is 9.76. The van der Waals surface area contributed by atoms with Crippen molar-refractivity contribution in [3.63, 3.8) is 0 Å². The van der Waals surface area contributed by atoms with E-state index in [0.29, 0.717) is 36.8 Å². The normalized spacial score (nSPS) is 19.4. The van der Waals surface area contributed by atoms with Crippen molar-refractivity contribution in [2.24, 2.45) is 5.92 Å². The Kier molecular flexibility index (Phi) is 9.87. The highest BCUT2D eigenvalue weighted by Crippen LogP contribution is 2.54. The van der Waals surface area contributed by atoms with E-state index in [-0.39, 0.29) is 12.1 Å². The van der Waals surface area contributed by atoms with Crippen LogP contribution < -0.4 is 9.96 Å². The molecule has 238 valence electrons. The van der Waals surface area contributed by atoms with Gasteiger partial charge in [-0.3, -0.25) is 14.8 Å². The zero-order valence-electron chi connectivity index (χ0n) is 25.2. The second-order valence-corrected chi connectivity index (χ2v) is 14.4. The maximum absolute atomic E-state index is 14.1. The Bertz CT molecular complexity index is 1820. The van der Waals surface area contributed by atoms with E-state index in [0.717, 1.165) is 27.5 Å². The molecule has 6 rings (SSSR count). The SMILES string of the molecule is CCOCC.CN(C)S(=O)(=O)n1c2c(c3ccccc31)[C@H](N(O)c1c(Br)cccc1Br)C[C@H]1C(=O)N(c3ccccc3)C(=O)[C@@H]21. The molecule has 2 aliphatic rings. The van der Waals surface area contributed by atoms with Crippen LogP contribution in [0.1, 0.15) is 43.5 Å². The van der Waals surface area contributed by atoms with Crippen LogP contribution in [0.5, 0.6) is 0 Å². The number of benzene rings is 3. The van der Waals surface area contributed by atoms with Gasteiger partial charge in [-0.25, -0.2) is 13.9 Å². The summed E-state index contributed by atoms with van der Waals surface area (Å²) in [6.45, 7) is 5.67. The molecule has 1 saturated heterocycles. The summed E-state index contributed by atoms with van der Waals surface area (Å²) in [5, 5.41) is 13.4. The zero-order chi connectivity index (χ0) is 32.6. The smallest absolute Gasteiger partial charge is 0.307 e. The van der Waals surface area contributed by atoms with Gasteiger partial charge in [-0.1, -0.05) is 42.5 Å². The van der Waals surface area contributed by atoms with Gasteiger partial charge in [-0.2, -0.15) is 12.7 Å². The van der Waals surface area contributed by atoms with E-state index in [9.17, 15) is 23.2 Å². The Morgan fingerprint density at radius 2 is 1.49 bits per heavy atom. The van der Waals surface area contributed by atoms with E-state index < -0.39 is 39.9 Å². The molecule has 1 aliphatic heterocycles. The number of fused-ring (bicyclic) bond motifs is 5. The largest absolute Gasteiger partial charge is 0.382 e. The molecule has 2 heterocycles. The van der Waals surface area contributed by atoms with Crippen molar-refractivity contribution in [2.45, 2.75) is 32.2 Å². The highest BCUT2D eigenvalue weighted by molar-refractivity contribution is 9.11. The summed E-state index contributed by atoms with van der Waals surface area (Å²) in [4.78, 5) is 29.2. The number of aromatic nitrogens is 1. The van der Waals surface area contributed by atoms with Crippen LogP contribution in [0.3, 0.4) is 0 Å². The van der Waals surface area contributed by atoms with E-state index >= 15 is 0 Å². The molecule has 0 bridgehead atoms. The van der Waals surface area contributed by atoms with Crippen LogP contribution in [-0.4, -0.2) is 61.0 Å². The van der Waals surface area contributed by atoms with Crippen LogP contribution in [-0.2, 0) is 24.5 Å². The molecule has 0 unspecified atom stereocenters. The number of imide groups is 1. The molecule has 3 atom stereocenters. The Labute approximate surface area is 279 Å². The Morgan fingerprint density at radius 1 is 0.889 bits per heavy atom. The third kappa shape index (κ3) is 5.74. The molecule has 1 fully saturated rings. The van der Waals surface area contributed by atoms with Gasteiger partial charge in [0.1, 0.15) is 0 Å². The van der Waals surface area contributed by atoms with Gasteiger partial charge in [0, 0.05) is 47.2 Å². The number of carbonyl (C=O) groups is 2. The summed E-state index contributed by atoms with van der Waals surface area (Å²) in [6, 6.07) is 20.1. The fourth-order valence-corrected chi connectivity index (χ4v) is 8.62. The van der Waals surface area contributed by atoms with Crippen molar-refractivity contribution >= 4 is 76.2 Å². The molecular formula is C32H34Br2N4O6S. The van der Waals surface area contributed by atoms with Crippen LogP contribution in [0.25, 0.3) is 10.9 Å². The van der Waals surface area contributed by atoms with Crippen LogP contribution >= 0.6 is 31.9 Å². The number of rotatable bonds is 7. The maximum atomic E-state index is 14.1. The fourth-order valence-electron chi connectivity index (χ4n) is 6.06. The molecule has 0 saturated carbocycles. The Hall–Kier alpha value is -3.07. The summed E-state index contributed by atoms with van der Waals surface area (Å²) >= 11 is 7.02. The molecule has 2 amide bonds. The van der Waals surface area contributed by atoms with Gasteiger partial charge in [-0.15, -0.1) is 0 Å². The molecule has 3 aromatic carbocycles. The van der Waals surface area contributed by atoms with Crippen molar-refractivity contribution in [3.05, 3.63) is 93.0 Å². The number of hydroxylamine groups is 1. The van der Waals surface area contributed by atoms with Gasteiger partial charge in [-0.05, 0) is 82.5 Å². The van der Waals surface area contributed by atoms with E-state index in [1.54, 1.807) is 72.8 Å². The molecular weight excluding hydrogens is 728 g/mol. The molecule has 1 aliphatic carbocycles. The number of halogens is 2. The number of para-hydroxylation sites is 3. The first-order valence-electron chi connectivity index (χ1n) is 14.5. The third-order valence-corrected chi connectivity index (χ3v) is 11.1. The van der Waals surface area contributed by atoms with Gasteiger partial charge in [0.05, 0.1) is 40.5 Å². The quantitative estimate of drug-likeness (QED) is 0.170. The monoisotopic (exact) mass is 760 g/mol. The highest BCUT2D eigenvalue weighted by atomic mass is 79.9. The summed E-state index contributed by atoms with van der Waals surface area (Å²) in [5.74, 6) is -2.89. The van der Waals surface area contributed by atoms with Crippen LogP contribution in [0.2, 0.25) is 0 Å². The average molecular weight is 763 g/mol. The molecule has 0 spiro atoms. The first-order valence-corrected chi connectivity index (χ1v) is 17.4. The second kappa shape index (κ2) is 13.3. The van der Waals surface area contributed by atoms with Crippen LogP contribution in [0.4, 0.5) is 11.4 Å². The topological polar surface area (TPSA) is 112 Å². The molecule has 0 radical (unpaired) electrons. The van der Waals surface area contributed by atoms with Gasteiger partial charge in [0.25, 0.3) is 0 Å². The predicted molar refractivity (Wildman–Crippen MR) is 181 cm³/mol. The number of hydrogen-bond acceptors (Lipinski definition) is 7. The molecule has 4 aromatic rings. The number of hydrogen-bond donors (Lipinski definition) is 1. The summed E-state index contributed by atoms with van der Waals surface area (Å²) < 4.78 is 36.0.